The lowest BCUT2D eigenvalue weighted by Crippen LogP contribution is -1.97. The molecule has 0 atom stereocenters. The van der Waals surface area contributed by atoms with Crippen LogP contribution in [-0.4, -0.2) is 14.5 Å². The largest absolute Gasteiger partial charge is 0.456 e. The van der Waals surface area contributed by atoms with Gasteiger partial charge in [0, 0.05) is 43.9 Å². The Balaban J connectivity index is 1.22. The minimum Gasteiger partial charge on any atom is -0.456 e. The Morgan fingerprint density at radius 2 is 1.05 bits per heavy atom. The minimum atomic E-state index is 0.713. The first-order valence-electron chi connectivity index (χ1n) is 14.8. The Bertz CT molecular complexity index is 2420. The van der Waals surface area contributed by atoms with E-state index in [2.05, 4.69) is 108 Å². The summed E-state index contributed by atoms with van der Waals surface area (Å²) in [6.07, 6.45) is 0. The highest BCUT2D eigenvalue weighted by Gasteiger charge is 2.18. The van der Waals surface area contributed by atoms with Crippen LogP contribution in [0.4, 0.5) is 0 Å². The second-order valence-corrected chi connectivity index (χ2v) is 11.0. The fourth-order valence-corrected chi connectivity index (χ4v) is 6.40. The van der Waals surface area contributed by atoms with Crippen molar-refractivity contribution in [3.63, 3.8) is 0 Å². The quantitative estimate of drug-likeness (QED) is 0.214. The first-order valence-corrected chi connectivity index (χ1v) is 14.8. The van der Waals surface area contributed by atoms with Crippen molar-refractivity contribution in [1.29, 1.82) is 0 Å². The highest BCUT2D eigenvalue weighted by atomic mass is 16.3. The van der Waals surface area contributed by atoms with Crippen molar-refractivity contribution in [2.24, 2.45) is 0 Å². The molecule has 4 heteroatoms. The van der Waals surface area contributed by atoms with Gasteiger partial charge in [-0.2, -0.15) is 0 Å². The lowest BCUT2D eigenvalue weighted by Gasteiger charge is -2.11. The number of rotatable bonds is 4. The Morgan fingerprint density at radius 1 is 0.432 bits per heavy atom. The van der Waals surface area contributed by atoms with Gasteiger partial charge in [-0.25, -0.2) is 9.97 Å². The summed E-state index contributed by atoms with van der Waals surface area (Å²) in [7, 11) is 0. The van der Waals surface area contributed by atoms with Gasteiger partial charge in [-0.15, -0.1) is 0 Å². The molecule has 9 rings (SSSR count). The highest BCUT2D eigenvalue weighted by molar-refractivity contribution is 6.27. The number of nitrogens with zero attached hydrogens (tertiary/aromatic N) is 3. The molecule has 0 unspecified atom stereocenters. The second kappa shape index (κ2) is 9.79. The fourth-order valence-electron chi connectivity index (χ4n) is 6.40. The number of para-hydroxylation sites is 2. The molecule has 0 N–H and O–H groups in total. The lowest BCUT2D eigenvalue weighted by atomic mass is 10.1. The zero-order valence-corrected chi connectivity index (χ0v) is 23.7. The van der Waals surface area contributed by atoms with Crippen molar-refractivity contribution in [2.75, 3.05) is 0 Å². The van der Waals surface area contributed by atoms with Crippen molar-refractivity contribution in [3.05, 3.63) is 152 Å². The molecular formula is C40H25N3O. The van der Waals surface area contributed by atoms with Crippen molar-refractivity contribution < 1.29 is 4.42 Å². The predicted molar refractivity (Wildman–Crippen MR) is 180 cm³/mol. The zero-order chi connectivity index (χ0) is 29.0. The summed E-state index contributed by atoms with van der Waals surface area (Å²) >= 11 is 0. The second-order valence-electron chi connectivity index (χ2n) is 11.0. The molecular weight excluding hydrogens is 538 g/mol. The Hall–Kier alpha value is -6.00. The maximum Gasteiger partial charge on any atom is 0.160 e. The van der Waals surface area contributed by atoms with Crippen LogP contribution in [0, 0.1) is 0 Å². The van der Waals surface area contributed by atoms with Crippen molar-refractivity contribution in [2.45, 2.75) is 0 Å². The highest BCUT2D eigenvalue weighted by Crippen LogP contribution is 2.41. The number of furan rings is 1. The van der Waals surface area contributed by atoms with Crippen molar-refractivity contribution in [1.82, 2.24) is 14.5 Å². The summed E-state index contributed by atoms with van der Waals surface area (Å²) in [5.41, 5.74) is 10.1. The van der Waals surface area contributed by atoms with E-state index in [0.717, 1.165) is 66.7 Å². The minimum absolute atomic E-state index is 0.713. The summed E-state index contributed by atoms with van der Waals surface area (Å²) in [5, 5.41) is 4.72. The van der Waals surface area contributed by atoms with Gasteiger partial charge in [0.25, 0.3) is 0 Å². The average molecular weight is 564 g/mol. The van der Waals surface area contributed by atoms with E-state index in [1.807, 2.05) is 48.5 Å². The van der Waals surface area contributed by atoms with E-state index in [4.69, 9.17) is 14.4 Å². The number of hydrogen-bond acceptors (Lipinski definition) is 3. The van der Waals surface area contributed by atoms with Gasteiger partial charge in [-0.1, -0.05) is 109 Å². The molecule has 0 saturated carbocycles. The summed E-state index contributed by atoms with van der Waals surface area (Å²) < 4.78 is 8.60. The molecule has 0 radical (unpaired) electrons. The molecule has 0 aliphatic carbocycles. The molecule has 206 valence electrons. The molecule has 3 aromatic heterocycles. The van der Waals surface area contributed by atoms with E-state index in [1.165, 1.54) is 10.8 Å². The third-order valence-corrected chi connectivity index (χ3v) is 8.43. The first-order chi connectivity index (χ1) is 21.8. The first kappa shape index (κ1) is 24.6. The van der Waals surface area contributed by atoms with Crippen LogP contribution in [-0.2, 0) is 0 Å². The lowest BCUT2D eigenvalue weighted by molar-refractivity contribution is 0.669. The van der Waals surface area contributed by atoms with E-state index in [1.54, 1.807) is 0 Å². The van der Waals surface area contributed by atoms with Gasteiger partial charge in [-0.3, -0.25) is 0 Å². The number of benzene rings is 6. The Morgan fingerprint density at radius 3 is 1.80 bits per heavy atom. The van der Waals surface area contributed by atoms with E-state index >= 15 is 0 Å². The molecule has 0 aliphatic rings. The monoisotopic (exact) mass is 563 g/mol. The summed E-state index contributed by atoms with van der Waals surface area (Å²) in [6.45, 7) is 0. The molecule has 0 saturated heterocycles. The molecule has 6 aromatic carbocycles. The molecule has 4 nitrogen and oxygen atoms in total. The van der Waals surface area contributed by atoms with Crippen molar-refractivity contribution >= 4 is 43.7 Å². The molecule has 0 bridgehead atoms. The van der Waals surface area contributed by atoms with E-state index in [9.17, 15) is 0 Å². The maximum atomic E-state index is 6.25. The predicted octanol–water partition coefficient (Wildman–Crippen LogP) is 10.5. The number of aromatic nitrogens is 3. The van der Waals surface area contributed by atoms with Crippen LogP contribution in [0.2, 0.25) is 0 Å². The Kier molecular flexibility index (Phi) is 5.47. The smallest absolute Gasteiger partial charge is 0.160 e. The van der Waals surface area contributed by atoms with Crippen LogP contribution in [0.5, 0.6) is 0 Å². The van der Waals surface area contributed by atoms with Crippen LogP contribution in [0.15, 0.2) is 156 Å². The zero-order valence-electron chi connectivity index (χ0n) is 23.7. The number of hydrogen-bond donors (Lipinski definition) is 0. The SMILES string of the molecule is c1ccc(-c2cc(-c3ccc(-n4c5ccccc5c5c6c(ccc54)oc4ccccc46)cc3)nc(-c3ccccc3)n2)cc1. The summed E-state index contributed by atoms with van der Waals surface area (Å²) in [6, 6.07) is 52.4. The van der Waals surface area contributed by atoms with Crippen LogP contribution < -0.4 is 0 Å². The molecule has 0 fully saturated rings. The maximum absolute atomic E-state index is 6.25. The molecule has 44 heavy (non-hydrogen) atoms. The third kappa shape index (κ3) is 3.85. The molecule has 9 aromatic rings. The van der Waals surface area contributed by atoms with Gasteiger partial charge in [-0.05, 0) is 42.5 Å². The topological polar surface area (TPSA) is 43.9 Å². The standard InChI is InChI=1S/C40H25N3O/c1-3-11-26(12-4-1)32-25-33(42-40(41-32)28-13-5-2-6-14-28)27-19-21-29(22-20-27)43-34-17-9-7-15-30(34)38-35(43)23-24-37-39(38)31-16-8-10-18-36(31)44-37/h1-25H. The summed E-state index contributed by atoms with van der Waals surface area (Å²) in [5.74, 6) is 0.713. The molecule has 0 amide bonds. The van der Waals surface area contributed by atoms with Crippen LogP contribution in [0.3, 0.4) is 0 Å². The van der Waals surface area contributed by atoms with Gasteiger partial charge in [0.2, 0.25) is 0 Å². The molecule has 0 aliphatic heterocycles. The van der Waals surface area contributed by atoms with E-state index in [-0.39, 0.29) is 0 Å². The van der Waals surface area contributed by atoms with Crippen molar-refractivity contribution in [3.8, 4) is 39.6 Å². The molecule has 0 spiro atoms. The normalized spacial score (nSPS) is 11.6. The van der Waals surface area contributed by atoms with E-state index < -0.39 is 0 Å². The average Bonchev–Trinajstić information content (AvgIpc) is 3.64. The third-order valence-electron chi connectivity index (χ3n) is 8.43. The van der Waals surface area contributed by atoms with Gasteiger partial charge < -0.3 is 8.98 Å². The van der Waals surface area contributed by atoms with Gasteiger partial charge >= 0.3 is 0 Å². The Labute approximate surface area is 253 Å². The van der Waals surface area contributed by atoms with Crippen LogP contribution in [0.25, 0.3) is 83.3 Å². The van der Waals surface area contributed by atoms with Crippen LogP contribution in [0.1, 0.15) is 0 Å². The fraction of sp³-hybridized carbons (Fsp3) is 0. The van der Waals surface area contributed by atoms with Gasteiger partial charge in [0.05, 0.1) is 22.4 Å². The van der Waals surface area contributed by atoms with E-state index in [0.29, 0.717) is 5.82 Å². The molecule has 3 heterocycles. The van der Waals surface area contributed by atoms with Crippen LogP contribution >= 0.6 is 0 Å². The number of fused-ring (bicyclic) bond motifs is 7. The summed E-state index contributed by atoms with van der Waals surface area (Å²) in [4.78, 5) is 9.97. The van der Waals surface area contributed by atoms with Gasteiger partial charge in [0.15, 0.2) is 5.82 Å². The van der Waals surface area contributed by atoms with Gasteiger partial charge in [0.1, 0.15) is 11.2 Å².